The molecule has 9 nitrogen and oxygen atoms in total. The summed E-state index contributed by atoms with van der Waals surface area (Å²) in [6.07, 6.45) is 4.47. The van der Waals surface area contributed by atoms with Gasteiger partial charge in [0.05, 0.1) is 36.5 Å². The zero-order chi connectivity index (χ0) is 27.4. The van der Waals surface area contributed by atoms with Gasteiger partial charge in [-0.15, -0.1) is 0 Å². The largest absolute Gasteiger partial charge is 0.482 e. The number of alkyl carbamates (subject to hydrolysis) is 1. The fourth-order valence-corrected chi connectivity index (χ4v) is 7.49. The first kappa shape index (κ1) is 26.2. The molecule has 6 atom stereocenters. The van der Waals surface area contributed by atoms with Crippen LogP contribution >= 0.6 is 0 Å². The number of benzene rings is 1. The Labute approximate surface area is 229 Å². The molecule has 3 heterocycles. The van der Waals surface area contributed by atoms with E-state index in [0.717, 1.165) is 29.4 Å². The number of nitrogens with one attached hydrogen (secondary N) is 1. The first-order chi connectivity index (χ1) is 18.7. The number of carbonyl (C=O) groups excluding carboxylic acids is 2. The van der Waals surface area contributed by atoms with Crippen molar-refractivity contribution in [2.45, 2.75) is 83.0 Å². The molecular weight excluding hydrogens is 497 g/mol. The fraction of sp³-hybridized carbons (Fsp3) is 0.621. The number of hydrogen-bond donors (Lipinski definition) is 1. The second kappa shape index (κ2) is 9.86. The van der Waals surface area contributed by atoms with Crippen molar-refractivity contribution in [3.8, 4) is 6.07 Å². The summed E-state index contributed by atoms with van der Waals surface area (Å²) in [6, 6.07) is 9.73. The van der Waals surface area contributed by atoms with Crippen LogP contribution in [0.3, 0.4) is 0 Å². The second-order valence-electron chi connectivity index (χ2n) is 12.4. The van der Waals surface area contributed by atoms with Gasteiger partial charge in [-0.3, -0.25) is 4.79 Å². The van der Waals surface area contributed by atoms with Gasteiger partial charge in [-0.25, -0.2) is 4.79 Å². The average Bonchev–Trinajstić information content (AvgIpc) is 3.49. The zero-order valence-corrected chi connectivity index (χ0v) is 22.9. The number of furan rings is 1. The van der Waals surface area contributed by atoms with Gasteiger partial charge in [-0.2, -0.15) is 5.26 Å². The van der Waals surface area contributed by atoms with E-state index in [1.54, 1.807) is 11.2 Å². The minimum absolute atomic E-state index is 0.0151. The topological polar surface area (TPSA) is 114 Å². The molecule has 3 saturated carbocycles. The molecular formula is C29H36BN3O6. The van der Waals surface area contributed by atoms with Crippen LogP contribution in [0.5, 0.6) is 0 Å². The predicted octanol–water partition coefficient (Wildman–Crippen LogP) is 4.24. The Kier molecular flexibility index (Phi) is 6.63. The number of amides is 2. The molecule has 0 unspecified atom stereocenters. The van der Waals surface area contributed by atoms with Gasteiger partial charge in [-0.05, 0) is 67.9 Å². The van der Waals surface area contributed by atoms with E-state index in [1.807, 2.05) is 30.3 Å². The normalized spacial score (nSPS) is 31.6. The Morgan fingerprint density at radius 1 is 1.28 bits per heavy atom. The number of rotatable bonds is 6. The lowest BCUT2D eigenvalue weighted by Gasteiger charge is -2.64. The van der Waals surface area contributed by atoms with Crippen LogP contribution in [0, 0.1) is 28.6 Å². The molecule has 206 valence electrons. The van der Waals surface area contributed by atoms with Crippen molar-refractivity contribution >= 4 is 30.1 Å². The number of nitriles is 1. The maximum Gasteiger partial charge on any atom is 0.482 e. The highest BCUT2D eigenvalue weighted by Crippen LogP contribution is 2.65. The van der Waals surface area contributed by atoms with Crippen LogP contribution in [-0.4, -0.2) is 60.9 Å². The van der Waals surface area contributed by atoms with Crippen molar-refractivity contribution < 1.29 is 28.1 Å². The van der Waals surface area contributed by atoms with Gasteiger partial charge in [0.1, 0.15) is 18.1 Å². The Balaban J connectivity index is 1.19. The molecule has 7 rings (SSSR count). The van der Waals surface area contributed by atoms with Crippen molar-refractivity contribution in [1.29, 1.82) is 5.26 Å². The smallest absolute Gasteiger partial charge is 0.464 e. The van der Waals surface area contributed by atoms with Crippen LogP contribution in [0.15, 0.2) is 34.9 Å². The van der Waals surface area contributed by atoms with Gasteiger partial charge in [0, 0.05) is 11.9 Å². The summed E-state index contributed by atoms with van der Waals surface area (Å²) in [7, 11) is -0.628. The van der Waals surface area contributed by atoms with Gasteiger partial charge in [0.25, 0.3) is 0 Å². The van der Waals surface area contributed by atoms with Gasteiger partial charge < -0.3 is 28.7 Å². The minimum atomic E-state index is -0.628. The lowest BCUT2D eigenvalue weighted by atomic mass is 9.43. The number of piperidine rings is 1. The predicted molar refractivity (Wildman–Crippen MR) is 143 cm³/mol. The van der Waals surface area contributed by atoms with E-state index in [4.69, 9.17) is 23.7 Å². The summed E-state index contributed by atoms with van der Waals surface area (Å²) < 4.78 is 24.8. The number of nitrogens with zero attached hydrogens (tertiary/aromatic N) is 2. The van der Waals surface area contributed by atoms with E-state index in [-0.39, 0.29) is 23.8 Å². The lowest BCUT2D eigenvalue weighted by Crippen LogP contribution is -2.65. The number of ether oxygens (including phenoxy) is 1. The third kappa shape index (κ3) is 4.59. The maximum absolute atomic E-state index is 13.2. The summed E-state index contributed by atoms with van der Waals surface area (Å²) in [5.74, 6) is 0.289. The average molecular weight is 533 g/mol. The third-order valence-corrected chi connectivity index (χ3v) is 9.84. The van der Waals surface area contributed by atoms with Crippen molar-refractivity contribution in [2.75, 3.05) is 13.1 Å². The Bertz CT molecular complexity index is 1310. The molecule has 39 heavy (non-hydrogen) atoms. The second-order valence-corrected chi connectivity index (χ2v) is 12.4. The highest BCUT2D eigenvalue weighted by atomic mass is 16.7. The molecule has 1 N–H and O–H groups in total. The highest BCUT2D eigenvalue weighted by Gasteiger charge is 2.68. The summed E-state index contributed by atoms with van der Waals surface area (Å²) in [4.78, 5) is 27.0. The molecule has 5 aliphatic rings. The van der Waals surface area contributed by atoms with Gasteiger partial charge >= 0.3 is 13.2 Å². The Hall–Kier alpha value is -3.03. The summed E-state index contributed by atoms with van der Waals surface area (Å²) in [6.45, 7) is 7.67. The maximum atomic E-state index is 13.2. The number of fused-ring (bicyclic) bond motifs is 1. The van der Waals surface area contributed by atoms with E-state index in [1.165, 1.54) is 0 Å². The monoisotopic (exact) mass is 533 g/mol. The van der Waals surface area contributed by atoms with Crippen molar-refractivity contribution in [2.24, 2.45) is 17.3 Å². The molecule has 2 amide bonds. The third-order valence-electron chi connectivity index (χ3n) is 9.84. The van der Waals surface area contributed by atoms with Crippen LogP contribution in [0.1, 0.15) is 58.4 Å². The SMILES string of the molecule is CC1(C)[C@@H]2C[C@H]3OB([C@H](Cc4coc5ccccc45)NC(=O)O[C@H]4CCCN(C(=O)CC#N)C4)O[C@@]3(C)[C@H]1C2. The van der Waals surface area contributed by atoms with Crippen molar-refractivity contribution in [3.05, 3.63) is 36.1 Å². The van der Waals surface area contributed by atoms with Gasteiger partial charge in [0.2, 0.25) is 5.91 Å². The van der Waals surface area contributed by atoms with E-state index in [0.29, 0.717) is 44.2 Å². The van der Waals surface area contributed by atoms with E-state index in [2.05, 4.69) is 26.1 Å². The summed E-state index contributed by atoms with van der Waals surface area (Å²) in [5.41, 5.74) is 1.55. The number of para-hydroxylation sites is 1. The summed E-state index contributed by atoms with van der Waals surface area (Å²) in [5, 5.41) is 12.9. The summed E-state index contributed by atoms with van der Waals surface area (Å²) >= 11 is 0. The van der Waals surface area contributed by atoms with E-state index in [9.17, 15) is 9.59 Å². The van der Waals surface area contributed by atoms with Crippen LogP contribution in [0.25, 0.3) is 11.0 Å². The zero-order valence-electron chi connectivity index (χ0n) is 22.9. The number of hydrogen-bond acceptors (Lipinski definition) is 7. The first-order valence-electron chi connectivity index (χ1n) is 14.1. The number of carbonyl (C=O) groups is 2. The Morgan fingerprint density at radius 3 is 2.90 bits per heavy atom. The highest BCUT2D eigenvalue weighted by molar-refractivity contribution is 6.48. The molecule has 3 aliphatic carbocycles. The molecule has 1 aromatic heterocycles. The van der Waals surface area contributed by atoms with Gasteiger partial charge in [-0.1, -0.05) is 32.0 Å². The Morgan fingerprint density at radius 2 is 2.10 bits per heavy atom. The molecule has 10 heteroatoms. The molecule has 1 aromatic carbocycles. The standard InChI is InChI=1S/C29H36BN3O6/c1-28(2)19-14-23(28)29(3)24(15-19)38-30(39-29)25(13-18-17-36-22-9-5-4-8-21(18)22)32-27(35)37-20-7-6-12-33(16-20)26(34)10-11-31/h4-5,8-9,17,19-20,23-25H,6-7,10,12-16H2,1-3H3,(H,32,35)/t19-,20-,23-,24+,25-,29-/m0/s1. The molecule has 0 radical (unpaired) electrons. The van der Waals surface area contributed by atoms with Crippen molar-refractivity contribution in [3.63, 3.8) is 0 Å². The van der Waals surface area contributed by atoms with Crippen LogP contribution in [-0.2, 0) is 25.3 Å². The van der Waals surface area contributed by atoms with E-state index < -0.39 is 30.9 Å². The van der Waals surface area contributed by atoms with Crippen LogP contribution < -0.4 is 5.32 Å². The van der Waals surface area contributed by atoms with Crippen LogP contribution in [0.2, 0.25) is 0 Å². The lowest BCUT2D eigenvalue weighted by molar-refractivity contribution is -0.199. The number of likely N-dealkylation sites (tertiary alicyclic amines) is 1. The van der Waals surface area contributed by atoms with E-state index >= 15 is 0 Å². The molecule has 5 fully saturated rings. The molecule has 2 aromatic rings. The molecule has 2 aliphatic heterocycles. The van der Waals surface area contributed by atoms with Gasteiger partial charge in [0.15, 0.2) is 0 Å². The first-order valence-corrected chi connectivity index (χ1v) is 14.1. The molecule has 2 saturated heterocycles. The quantitative estimate of drug-likeness (QED) is 0.553. The van der Waals surface area contributed by atoms with Crippen molar-refractivity contribution in [1.82, 2.24) is 10.2 Å². The minimum Gasteiger partial charge on any atom is -0.464 e. The molecule has 2 bridgehead atoms. The molecule has 0 spiro atoms. The van der Waals surface area contributed by atoms with Crippen LogP contribution in [0.4, 0.5) is 4.79 Å². The fourth-order valence-electron chi connectivity index (χ4n) is 7.49.